The van der Waals surface area contributed by atoms with Crippen LogP contribution in [0.4, 0.5) is 4.79 Å². The molecular weight excluding hydrogens is 572 g/mol. The van der Waals surface area contributed by atoms with Gasteiger partial charge >= 0.3 is 12.1 Å². The molecule has 0 unspecified atom stereocenters. The average molecular weight is 615 g/mol. The molecule has 2 atom stereocenters. The Labute approximate surface area is 262 Å². The van der Waals surface area contributed by atoms with E-state index in [1.54, 1.807) is 6.92 Å². The fraction of sp³-hybridized carbons (Fsp3) is 0.486. The second-order valence-corrected chi connectivity index (χ2v) is 13.4. The lowest BCUT2D eigenvalue weighted by Gasteiger charge is -2.53. The Morgan fingerprint density at radius 2 is 1.60 bits per heavy atom. The molecule has 10 nitrogen and oxygen atoms in total. The molecule has 1 heterocycles. The van der Waals surface area contributed by atoms with Gasteiger partial charge in [-0.05, 0) is 79.9 Å². The van der Waals surface area contributed by atoms with Gasteiger partial charge in [0.2, 0.25) is 11.8 Å². The number of nitrogens with one attached hydrogen (secondary N) is 4. The normalized spacial score (nSPS) is 25.2. The second kappa shape index (κ2) is 12.9. The van der Waals surface area contributed by atoms with E-state index in [1.165, 1.54) is 6.42 Å². The van der Waals surface area contributed by atoms with Crippen molar-refractivity contribution in [2.24, 2.45) is 23.7 Å². The van der Waals surface area contributed by atoms with Gasteiger partial charge in [-0.2, -0.15) is 0 Å². The van der Waals surface area contributed by atoms with Crippen molar-refractivity contribution >= 4 is 34.8 Å². The van der Waals surface area contributed by atoms with Gasteiger partial charge in [-0.3, -0.25) is 14.4 Å². The molecule has 238 valence electrons. The number of amides is 3. The van der Waals surface area contributed by atoms with Gasteiger partial charge in [0.15, 0.2) is 0 Å². The van der Waals surface area contributed by atoms with E-state index in [4.69, 9.17) is 9.84 Å². The van der Waals surface area contributed by atoms with E-state index < -0.39 is 35.5 Å². The molecule has 4 fully saturated rings. The van der Waals surface area contributed by atoms with Gasteiger partial charge in [-0.25, -0.2) is 4.79 Å². The molecule has 10 heteroatoms. The summed E-state index contributed by atoms with van der Waals surface area (Å²) in [6, 6.07) is 16.4. The number of rotatable bonds is 12. The number of aromatic nitrogens is 1. The van der Waals surface area contributed by atoms with Crippen molar-refractivity contribution in [3.05, 3.63) is 71.9 Å². The molecule has 0 saturated heterocycles. The maximum Gasteiger partial charge on any atom is 0.408 e. The number of para-hydroxylation sites is 1. The van der Waals surface area contributed by atoms with Crippen LogP contribution in [0.3, 0.4) is 0 Å². The number of carboxylic acid groups (broad SMARTS) is 1. The van der Waals surface area contributed by atoms with Crippen LogP contribution >= 0.6 is 0 Å². The Kier molecular flexibility index (Phi) is 8.83. The summed E-state index contributed by atoms with van der Waals surface area (Å²) in [5.74, 6) is 0.351. The maximum absolute atomic E-state index is 14.1. The molecule has 4 aliphatic rings. The Hall–Kier alpha value is -4.34. The standard InChI is InChI=1S/C35H42N4O6/c1-35(18-26-19-36-28-10-6-5-9-27(26)28,39-34(44)45-32-24-14-21-13-22(16-24)17-25(32)15-21)33(43)37-20-29(23-7-3-2-4-8-23)38-30(40)11-12-31(41)42/h2-10,19,21-22,24-25,29,32,36H,11-18,20H2,1H3,(H,37,43)(H,38,40)(H,39,44)(H,41,42)/t21?,22?,24?,25?,29-,32?,35-/m1/s1. The van der Waals surface area contributed by atoms with E-state index in [0.29, 0.717) is 11.8 Å². The lowest BCUT2D eigenvalue weighted by atomic mass is 9.55. The zero-order chi connectivity index (χ0) is 31.6. The third kappa shape index (κ3) is 7.00. The predicted octanol–water partition coefficient (Wildman–Crippen LogP) is 4.86. The number of benzene rings is 2. The van der Waals surface area contributed by atoms with Crippen LogP contribution in [0.5, 0.6) is 0 Å². The number of alkyl carbamates (subject to hydrolysis) is 1. The Balaban J connectivity index is 1.19. The monoisotopic (exact) mass is 614 g/mol. The molecule has 45 heavy (non-hydrogen) atoms. The van der Waals surface area contributed by atoms with Crippen LogP contribution < -0.4 is 16.0 Å². The van der Waals surface area contributed by atoms with Crippen LogP contribution in [-0.2, 0) is 25.5 Å². The molecule has 1 aromatic heterocycles. The van der Waals surface area contributed by atoms with Crippen LogP contribution in [-0.4, -0.2) is 52.2 Å². The van der Waals surface area contributed by atoms with Crippen molar-refractivity contribution in [1.29, 1.82) is 0 Å². The minimum atomic E-state index is -1.37. The fourth-order valence-electron chi connectivity index (χ4n) is 8.10. The highest BCUT2D eigenvalue weighted by atomic mass is 16.6. The van der Waals surface area contributed by atoms with Crippen LogP contribution in [0.1, 0.15) is 69.0 Å². The average Bonchev–Trinajstić information content (AvgIpc) is 3.42. The lowest BCUT2D eigenvalue weighted by Crippen LogP contribution is -2.60. The van der Waals surface area contributed by atoms with Crippen LogP contribution in [0.15, 0.2) is 60.8 Å². The van der Waals surface area contributed by atoms with E-state index in [-0.39, 0.29) is 31.9 Å². The predicted molar refractivity (Wildman–Crippen MR) is 168 cm³/mol. The maximum atomic E-state index is 14.1. The number of hydrogen-bond acceptors (Lipinski definition) is 5. The number of aromatic amines is 1. The summed E-state index contributed by atoms with van der Waals surface area (Å²) in [4.78, 5) is 54.4. The number of aliphatic carboxylic acids is 1. The van der Waals surface area contributed by atoms with Crippen molar-refractivity contribution in [3.63, 3.8) is 0 Å². The van der Waals surface area contributed by atoms with E-state index >= 15 is 0 Å². The summed E-state index contributed by atoms with van der Waals surface area (Å²) >= 11 is 0. The van der Waals surface area contributed by atoms with Gasteiger partial charge in [0.25, 0.3) is 0 Å². The number of carboxylic acids is 1. The third-order valence-corrected chi connectivity index (χ3v) is 10.1. The summed E-state index contributed by atoms with van der Waals surface area (Å²) in [6.45, 7) is 1.74. The number of hydrogen-bond donors (Lipinski definition) is 5. The van der Waals surface area contributed by atoms with E-state index in [2.05, 4.69) is 20.9 Å². The molecular formula is C35H42N4O6. The number of H-pyrrole nitrogens is 1. The number of fused-ring (bicyclic) bond motifs is 1. The van der Waals surface area contributed by atoms with Gasteiger partial charge in [0.1, 0.15) is 11.6 Å². The van der Waals surface area contributed by atoms with E-state index in [9.17, 15) is 19.2 Å². The highest BCUT2D eigenvalue weighted by Crippen LogP contribution is 2.54. The zero-order valence-electron chi connectivity index (χ0n) is 25.6. The Morgan fingerprint density at radius 3 is 2.29 bits per heavy atom. The number of carbonyl (C=O) groups excluding carboxylic acids is 3. The highest BCUT2D eigenvalue weighted by molar-refractivity contribution is 5.91. The second-order valence-electron chi connectivity index (χ2n) is 13.4. The minimum absolute atomic E-state index is 0.0391. The van der Waals surface area contributed by atoms with E-state index in [1.807, 2.05) is 60.8 Å². The molecule has 0 spiro atoms. The van der Waals surface area contributed by atoms with Gasteiger partial charge in [0.05, 0.1) is 12.5 Å². The summed E-state index contributed by atoms with van der Waals surface area (Å²) < 4.78 is 6.13. The molecule has 0 radical (unpaired) electrons. The molecule has 2 aromatic carbocycles. The van der Waals surface area contributed by atoms with Crippen LogP contribution in [0.2, 0.25) is 0 Å². The van der Waals surface area contributed by atoms with Gasteiger partial charge in [-0.15, -0.1) is 0 Å². The van der Waals surface area contributed by atoms with E-state index in [0.717, 1.165) is 59.5 Å². The molecule has 5 N–H and O–H groups in total. The largest absolute Gasteiger partial charge is 0.481 e. The molecule has 7 rings (SSSR count). The quantitative estimate of drug-likeness (QED) is 0.197. The highest BCUT2D eigenvalue weighted by Gasteiger charge is 2.50. The Bertz CT molecular complexity index is 1530. The molecule has 3 aromatic rings. The number of ether oxygens (including phenoxy) is 1. The van der Waals surface area contributed by atoms with Crippen LogP contribution in [0, 0.1) is 23.7 Å². The van der Waals surface area contributed by atoms with Crippen molar-refractivity contribution < 1.29 is 29.0 Å². The first-order valence-corrected chi connectivity index (χ1v) is 16.0. The smallest absolute Gasteiger partial charge is 0.408 e. The summed E-state index contributed by atoms with van der Waals surface area (Å²) in [7, 11) is 0. The number of carbonyl (C=O) groups is 4. The zero-order valence-corrected chi connectivity index (χ0v) is 25.6. The summed E-state index contributed by atoms with van der Waals surface area (Å²) in [5.41, 5.74) is 1.19. The first-order chi connectivity index (χ1) is 21.7. The molecule has 4 bridgehead atoms. The minimum Gasteiger partial charge on any atom is -0.481 e. The van der Waals surface area contributed by atoms with Gasteiger partial charge in [-0.1, -0.05) is 48.5 Å². The van der Waals surface area contributed by atoms with Crippen molar-refractivity contribution in [2.75, 3.05) is 6.54 Å². The Morgan fingerprint density at radius 1 is 0.933 bits per heavy atom. The molecule has 0 aliphatic heterocycles. The summed E-state index contributed by atoms with van der Waals surface area (Å²) in [5, 5.41) is 18.7. The first-order valence-electron chi connectivity index (χ1n) is 16.0. The molecule has 3 amide bonds. The molecule has 4 saturated carbocycles. The third-order valence-electron chi connectivity index (χ3n) is 10.1. The molecule has 4 aliphatic carbocycles. The summed E-state index contributed by atoms with van der Waals surface area (Å²) in [6.07, 6.45) is 6.62. The van der Waals surface area contributed by atoms with Crippen LogP contribution in [0.25, 0.3) is 10.9 Å². The lowest BCUT2D eigenvalue weighted by molar-refractivity contribution is -0.138. The first kappa shape index (κ1) is 30.7. The van der Waals surface area contributed by atoms with Crippen molar-refractivity contribution in [1.82, 2.24) is 20.9 Å². The SMILES string of the molecule is C[C@](Cc1c[nH]c2ccccc12)(NC(=O)OC1C2CC3CC(C2)CC1C3)C(=O)NC[C@@H](NC(=O)CCC(=O)O)c1ccccc1. The van der Waals surface area contributed by atoms with Gasteiger partial charge in [0, 0.05) is 36.5 Å². The topological polar surface area (TPSA) is 150 Å². The van der Waals surface area contributed by atoms with Crippen molar-refractivity contribution in [2.45, 2.75) is 76.0 Å². The fourth-order valence-corrected chi connectivity index (χ4v) is 8.10. The van der Waals surface area contributed by atoms with Gasteiger partial charge < -0.3 is 30.8 Å². The van der Waals surface area contributed by atoms with Crippen molar-refractivity contribution in [3.8, 4) is 0 Å².